The van der Waals surface area contributed by atoms with Gasteiger partial charge in [0.1, 0.15) is 4.90 Å². The van der Waals surface area contributed by atoms with Crippen LogP contribution >= 0.6 is 11.6 Å². The normalized spacial score (nSPS) is 20.8. The molecule has 0 radical (unpaired) electrons. The summed E-state index contributed by atoms with van der Waals surface area (Å²) in [6.45, 7) is 0.236. The van der Waals surface area contributed by atoms with Crippen molar-refractivity contribution < 1.29 is 18.4 Å². The van der Waals surface area contributed by atoms with Gasteiger partial charge >= 0.3 is 0 Å². The standard InChI is InChI=1S/C11H13ClN2O5S/c12-10-4-3-8(14(16)17)6-11(10)20(18,19)13-5-1-2-9(15)7-13/h3-4,6,9,15H,1-2,5,7H2/t9-/m0/s1. The predicted octanol–water partition coefficient (Wildman–Crippen LogP) is 1.39. The number of aliphatic hydroxyl groups is 1. The van der Waals surface area contributed by atoms with Crippen molar-refractivity contribution in [3.05, 3.63) is 33.3 Å². The van der Waals surface area contributed by atoms with Crippen LogP contribution in [0, 0.1) is 10.1 Å². The molecule has 20 heavy (non-hydrogen) atoms. The van der Waals surface area contributed by atoms with Gasteiger partial charge in [-0.1, -0.05) is 11.6 Å². The van der Waals surface area contributed by atoms with Crippen molar-refractivity contribution in [1.82, 2.24) is 4.31 Å². The van der Waals surface area contributed by atoms with E-state index in [1.165, 1.54) is 6.07 Å². The van der Waals surface area contributed by atoms with Crippen LogP contribution in [0.4, 0.5) is 5.69 Å². The fourth-order valence-electron chi connectivity index (χ4n) is 2.08. The number of hydrogen-bond acceptors (Lipinski definition) is 5. The fraction of sp³-hybridized carbons (Fsp3) is 0.455. The molecule has 1 aliphatic heterocycles. The average Bonchev–Trinajstić information content (AvgIpc) is 2.38. The summed E-state index contributed by atoms with van der Waals surface area (Å²) in [5.74, 6) is 0. The summed E-state index contributed by atoms with van der Waals surface area (Å²) in [6, 6.07) is 3.28. The third-order valence-corrected chi connectivity index (χ3v) is 5.45. The van der Waals surface area contributed by atoms with E-state index in [0.29, 0.717) is 12.8 Å². The molecular formula is C11H13ClN2O5S. The first-order valence-corrected chi connectivity index (χ1v) is 7.76. The lowest BCUT2D eigenvalue weighted by Gasteiger charge is -2.29. The van der Waals surface area contributed by atoms with E-state index >= 15 is 0 Å². The number of non-ortho nitro benzene ring substituents is 1. The number of nitro groups is 1. The number of β-amino-alcohol motifs (C(OH)–C–C–N with tert-alkyl or cyclic N) is 1. The van der Waals surface area contributed by atoms with Crippen molar-refractivity contribution in [1.29, 1.82) is 0 Å². The zero-order valence-corrected chi connectivity index (χ0v) is 12.0. The minimum Gasteiger partial charge on any atom is -0.392 e. The molecule has 1 aromatic carbocycles. The smallest absolute Gasteiger partial charge is 0.270 e. The van der Waals surface area contributed by atoms with Crippen molar-refractivity contribution in [3.63, 3.8) is 0 Å². The maximum Gasteiger partial charge on any atom is 0.270 e. The van der Waals surface area contributed by atoms with Crippen molar-refractivity contribution in [2.45, 2.75) is 23.8 Å². The highest BCUT2D eigenvalue weighted by Gasteiger charge is 2.32. The number of aliphatic hydroxyl groups excluding tert-OH is 1. The van der Waals surface area contributed by atoms with Gasteiger partial charge in [-0.15, -0.1) is 0 Å². The van der Waals surface area contributed by atoms with Crippen molar-refractivity contribution in [2.75, 3.05) is 13.1 Å². The van der Waals surface area contributed by atoms with Gasteiger partial charge in [-0.3, -0.25) is 10.1 Å². The number of hydrogen-bond donors (Lipinski definition) is 1. The molecule has 0 spiro atoms. The number of nitrogens with zero attached hydrogens (tertiary/aromatic N) is 2. The molecular weight excluding hydrogens is 308 g/mol. The molecule has 2 rings (SSSR count). The minimum absolute atomic E-state index is 0.0264. The largest absolute Gasteiger partial charge is 0.392 e. The van der Waals surface area contributed by atoms with E-state index in [0.717, 1.165) is 16.4 Å². The molecule has 1 heterocycles. The van der Waals surface area contributed by atoms with Crippen molar-refractivity contribution in [2.24, 2.45) is 0 Å². The van der Waals surface area contributed by atoms with Crippen LogP contribution in [0.5, 0.6) is 0 Å². The van der Waals surface area contributed by atoms with Crippen LogP contribution in [0.1, 0.15) is 12.8 Å². The Kier molecular flexibility index (Phi) is 4.28. The molecule has 0 unspecified atom stereocenters. The van der Waals surface area contributed by atoms with E-state index in [-0.39, 0.29) is 28.7 Å². The van der Waals surface area contributed by atoms with Crippen LogP contribution in [-0.2, 0) is 10.0 Å². The number of rotatable bonds is 3. The van der Waals surface area contributed by atoms with Crippen LogP contribution in [-0.4, -0.2) is 41.9 Å². The Hall–Kier alpha value is -1.22. The summed E-state index contributed by atoms with van der Waals surface area (Å²) in [7, 11) is -3.94. The molecule has 1 aromatic rings. The van der Waals surface area contributed by atoms with Crippen molar-refractivity contribution in [3.8, 4) is 0 Å². The monoisotopic (exact) mass is 320 g/mol. The maximum atomic E-state index is 12.4. The highest BCUT2D eigenvalue weighted by atomic mass is 35.5. The quantitative estimate of drug-likeness (QED) is 0.670. The van der Waals surface area contributed by atoms with Gasteiger partial charge < -0.3 is 5.11 Å². The second-order valence-electron chi connectivity index (χ2n) is 4.53. The van der Waals surface area contributed by atoms with Gasteiger partial charge in [-0.05, 0) is 18.9 Å². The zero-order valence-electron chi connectivity index (χ0n) is 10.4. The first-order chi connectivity index (χ1) is 9.32. The molecule has 0 aliphatic carbocycles. The molecule has 0 amide bonds. The number of piperidine rings is 1. The summed E-state index contributed by atoms with van der Waals surface area (Å²) < 4.78 is 26.0. The molecule has 1 saturated heterocycles. The molecule has 1 atom stereocenters. The lowest BCUT2D eigenvalue weighted by atomic mass is 10.1. The van der Waals surface area contributed by atoms with Crippen LogP contribution < -0.4 is 0 Å². The van der Waals surface area contributed by atoms with E-state index in [9.17, 15) is 23.6 Å². The Morgan fingerprint density at radius 2 is 2.15 bits per heavy atom. The SMILES string of the molecule is O=[N+]([O-])c1ccc(Cl)c(S(=O)(=O)N2CCC[C@H](O)C2)c1. The fourth-order valence-corrected chi connectivity index (χ4v) is 4.09. The second kappa shape index (κ2) is 5.65. The van der Waals surface area contributed by atoms with Gasteiger partial charge in [0.05, 0.1) is 16.0 Å². The Morgan fingerprint density at radius 3 is 2.75 bits per heavy atom. The van der Waals surface area contributed by atoms with Gasteiger partial charge in [-0.25, -0.2) is 8.42 Å². The number of sulfonamides is 1. The van der Waals surface area contributed by atoms with Gasteiger partial charge in [0.2, 0.25) is 10.0 Å². The van der Waals surface area contributed by atoms with E-state index in [4.69, 9.17) is 11.6 Å². The first-order valence-electron chi connectivity index (χ1n) is 5.94. The lowest BCUT2D eigenvalue weighted by Crippen LogP contribution is -2.42. The van der Waals surface area contributed by atoms with Crippen LogP contribution in [0.15, 0.2) is 23.1 Å². The molecule has 0 saturated carbocycles. The number of halogens is 1. The maximum absolute atomic E-state index is 12.4. The lowest BCUT2D eigenvalue weighted by molar-refractivity contribution is -0.385. The molecule has 110 valence electrons. The molecule has 7 nitrogen and oxygen atoms in total. The van der Waals surface area contributed by atoms with Gasteiger partial charge in [0.25, 0.3) is 5.69 Å². The van der Waals surface area contributed by atoms with Crippen LogP contribution in [0.3, 0.4) is 0 Å². The highest BCUT2D eigenvalue weighted by Crippen LogP contribution is 2.30. The minimum atomic E-state index is -3.94. The van der Waals surface area contributed by atoms with E-state index in [2.05, 4.69) is 0 Å². The summed E-state index contributed by atoms with van der Waals surface area (Å²) in [5.41, 5.74) is -0.342. The van der Waals surface area contributed by atoms with Crippen LogP contribution in [0.2, 0.25) is 5.02 Å². The summed E-state index contributed by atoms with van der Waals surface area (Å²) in [6.07, 6.45) is 0.345. The second-order valence-corrected chi connectivity index (χ2v) is 6.84. The molecule has 9 heteroatoms. The van der Waals surface area contributed by atoms with Gasteiger partial charge in [-0.2, -0.15) is 4.31 Å². The van der Waals surface area contributed by atoms with Gasteiger partial charge in [0.15, 0.2) is 0 Å². The molecule has 1 N–H and O–H groups in total. The summed E-state index contributed by atoms with van der Waals surface area (Å²) >= 11 is 5.85. The van der Waals surface area contributed by atoms with E-state index in [1.807, 2.05) is 0 Å². The molecule has 0 aromatic heterocycles. The summed E-state index contributed by atoms with van der Waals surface area (Å²) in [5, 5.41) is 20.2. The Morgan fingerprint density at radius 1 is 1.45 bits per heavy atom. The highest BCUT2D eigenvalue weighted by molar-refractivity contribution is 7.89. The molecule has 1 aliphatic rings. The topological polar surface area (TPSA) is 101 Å². The zero-order chi connectivity index (χ0) is 14.9. The van der Waals surface area contributed by atoms with Crippen molar-refractivity contribution >= 4 is 27.3 Å². The van der Waals surface area contributed by atoms with Gasteiger partial charge in [0, 0.05) is 25.2 Å². The van der Waals surface area contributed by atoms with Crippen LogP contribution in [0.25, 0.3) is 0 Å². The average molecular weight is 321 g/mol. The predicted molar refractivity (Wildman–Crippen MR) is 72.1 cm³/mol. The van der Waals surface area contributed by atoms with E-state index in [1.54, 1.807) is 0 Å². The Labute approximate surface area is 121 Å². The Balaban J connectivity index is 2.43. The number of benzene rings is 1. The number of nitro benzene ring substituents is 1. The first kappa shape index (κ1) is 15.2. The van der Waals surface area contributed by atoms with E-state index < -0.39 is 21.1 Å². The Bertz CT molecular complexity index is 634. The third kappa shape index (κ3) is 2.93. The third-order valence-electron chi connectivity index (χ3n) is 3.10. The summed E-state index contributed by atoms with van der Waals surface area (Å²) in [4.78, 5) is 9.75. The molecule has 0 bridgehead atoms. The molecule has 1 fully saturated rings.